The number of fused-ring (bicyclic) bond motifs is 1. The fraction of sp³-hybridized carbons (Fsp3) is 0.690. The highest BCUT2D eigenvalue weighted by molar-refractivity contribution is 6.25. The number of anilines is 1. The Labute approximate surface area is 368 Å². The molecule has 3 rings (SSSR count). The minimum absolute atomic E-state index is 0.0609. The molecule has 1 unspecified atom stereocenters. The zero-order valence-electron chi connectivity index (χ0n) is 36.2. The van der Waals surface area contributed by atoms with Crippen molar-refractivity contribution in [3.8, 4) is 0 Å². The van der Waals surface area contributed by atoms with Gasteiger partial charge in [0, 0.05) is 24.7 Å². The van der Waals surface area contributed by atoms with E-state index in [9.17, 15) is 24.0 Å². The van der Waals surface area contributed by atoms with Gasteiger partial charge in [-0.05, 0) is 18.6 Å². The van der Waals surface area contributed by atoms with Crippen LogP contribution in [-0.4, -0.2) is 212 Å². The number of hydrogen-bond donors (Lipinski definition) is 2. The molecule has 1 saturated heterocycles. The second-order valence-electron chi connectivity index (χ2n) is 13.3. The molecule has 4 amide bonds. The molecule has 1 aromatic rings. The molecule has 2 aliphatic heterocycles. The minimum Gasteiger partial charge on any atom is -0.460 e. The quantitative estimate of drug-likeness (QED) is 0.0392. The van der Waals surface area contributed by atoms with Crippen molar-refractivity contribution < 1.29 is 85.6 Å². The summed E-state index contributed by atoms with van der Waals surface area (Å²) in [5.74, 6) is -2.66. The van der Waals surface area contributed by atoms with Crippen LogP contribution in [0.5, 0.6) is 0 Å². The van der Waals surface area contributed by atoms with Gasteiger partial charge in [0.15, 0.2) is 0 Å². The van der Waals surface area contributed by atoms with E-state index in [1.165, 1.54) is 0 Å². The van der Waals surface area contributed by atoms with E-state index in [4.69, 9.17) is 61.6 Å². The Bertz CT molecular complexity index is 1470. The second-order valence-corrected chi connectivity index (χ2v) is 13.3. The maximum Gasteiger partial charge on any atom is 0.330 e. The summed E-state index contributed by atoms with van der Waals surface area (Å²) >= 11 is 0. The first-order chi connectivity index (χ1) is 30.9. The van der Waals surface area contributed by atoms with E-state index in [1.807, 2.05) is 0 Å². The van der Waals surface area contributed by atoms with E-state index in [0.29, 0.717) is 171 Å². The number of benzene rings is 1. The number of amides is 4. The van der Waals surface area contributed by atoms with Crippen molar-refractivity contribution in [2.45, 2.75) is 18.9 Å². The standard InChI is InChI=1S/C42H65N3O18/c1-2-38(47)63-33-32-62-31-30-61-29-28-60-27-26-59-25-24-58-23-22-57-21-20-56-19-18-55-17-16-54-15-14-53-13-12-52-11-10-51-9-8-43-35-5-3-4-34-39(35)42(50)45(41(34)49)36-6-7-37(46)44-40(36)48/h2-5,36,43H,1,6-33H2,(H,44,46,48). The van der Waals surface area contributed by atoms with Crippen molar-refractivity contribution in [2.24, 2.45) is 0 Å². The number of ether oxygens (including phenoxy) is 13. The van der Waals surface area contributed by atoms with E-state index in [-0.39, 0.29) is 30.6 Å². The number of esters is 1. The highest BCUT2D eigenvalue weighted by atomic mass is 16.6. The van der Waals surface area contributed by atoms with Gasteiger partial charge in [0.25, 0.3) is 11.8 Å². The first-order valence-electron chi connectivity index (χ1n) is 21.2. The van der Waals surface area contributed by atoms with Gasteiger partial charge >= 0.3 is 5.97 Å². The summed E-state index contributed by atoms with van der Waals surface area (Å²) in [5.41, 5.74) is 0.892. The highest BCUT2D eigenvalue weighted by Gasteiger charge is 2.45. The SMILES string of the molecule is C=CC(=O)OCCOCCOCCOCCOCCOCCOCCOCCOCCOCCOCCOCCOCCNc1cccc2c1C(=O)N(C1CCC(=O)NC1=O)C2=O. The van der Waals surface area contributed by atoms with Crippen LogP contribution >= 0.6 is 0 Å². The Balaban J connectivity index is 0.961. The number of carbonyl (C=O) groups is 5. The maximum atomic E-state index is 13.2. The molecular formula is C42H65N3O18. The van der Waals surface area contributed by atoms with Crippen LogP contribution in [0, 0.1) is 0 Å². The Morgan fingerprint density at radius 1 is 0.571 bits per heavy atom. The Hall–Kier alpha value is -3.97. The summed E-state index contributed by atoms with van der Waals surface area (Å²) in [6, 6.07) is 3.89. The van der Waals surface area contributed by atoms with E-state index in [0.717, 1.165) is 11.0 Å². The first-order valence-corrected chi connectivity index (χ1v) is 21.2. The molecule has 0 radical (unpaired) electrons. The lowest BCUT2D eigenvalue weighted by Gasteiger charge is -2.27. The Morgan fingerprint density at radius 3 is 1.33 bits per heavy atom. The number of carbonyl (C=O) groups excluding carboxylic acids is 5. The van der Waals surface area contributed by atoms with Gasteiger partial charge in [0.1, 0.15) is 12.6 Å². The minimum atomic E-state index is -1.02. The van der Waals surface area contributed by atoms with Gasteiger partial charge in [-0.1, -0.05) is 12.6 Å². The summed E-state index contributed by atoms with van der Waals surface area (Å²) in [4.78, 5) is 61.8. The Morgan fingerprint density at radius 2 is 0.952 bits per heavy atom. The van der Waals surface area contributed by atoms with Crippen LogP contribution in [0.3, 0.4) is 0 Å². The van der Waals surface area contributed by atoms with Crippen molar-refractivity contribution in [1.82, 2.24) is 10.2 Å². The topological polar surface area (TPSA) is 233 Å². The van der Waals surface area contributed by atoms with Gasteiger partial charge in [0.05, 0.1) is 170 Å². The number of imide groups is 2. The van der Waals surface area contributed by atoms with Crippen molar-refractivity contribution >= 4 is 35.3 Å². The predicted octanol–water partition coefficient (Wildman–Crippen LogP) is 0.428. The number of piperidine rings is 1. The molecular weight excluding hydrogens is 834 g/mol. The lowest BCUT2D eigenvalue weighted by Crippen LogP contribution is -2.54. The van der Waals surface area contributed by atoms with Gasteiger partial charge in [-0.25, -0.2) is 4.79 Å². The summed E-state index contributed by atoms with van der Waals surface area (Å²) in [7, 11) is 0. The van der Waals surface area contributed by atoms with Gasteiger partial charge < -0.3 is 66.9 Å². The molecule has 1 atom stereocenters. The number of nitrogens with one attached hydrogen (secondary N) is 2. The van der Waals surface area contributed by atoms with Crippen LogP contribution in [0.4, 0.5) is 5.69 Å². The van der Waals surface area contributed by atoms with E-state index >= 15 is 0 Å². The largest absolute Gasteiger partial charge is 0.460 e. The second kappa shape index (κ2) is 35.4. The van der Waals surface area contributed by atoms with Gasteiger partial charge in [-0.2, -0.15) is 0 Å². The summed E-state index contributed by atoms with van der Waals surface area (Å²) in [6.07, 6.45) is 1.27. The molecule has 21 heteroatoms. The average molecular weight is 900 g/mol. The third-order valence-electron chi connectivity index (χ3n) is 8.76. The maximum absolute atomic E-state index is 13.2. The smallest absolute Gasteiger partial charge is 0.330 e. The molecule has 1 fully saturated rings. The fourth-order valence-corrected chi connectivity index (χ4v) is 5.70. The predicted molar refractivity (Wildman–Crippen MR) is 223 cm³/mol. The van der Waals surface area contributed by atoms with Gasteiger partial charge in [0.2, 0.25) is 11.8 Å². The number of nitrogens with zero attached hydrogens (tertiary/aromatic N) is 1. The molecule has 0 spiro atoms. The molecule has 21 nitrogen and oxygen atoms in total. The average Bonchev–Trinajstić information content (AvgIpc) is 3.54. The number of rotatable bonds is 42. The zero-order chi connectivity index (χ0) is 45.0. The fourth-order valence-electron chi connectivity index (χ4n) is 5.70. The van der Waals surface area contributed by atoms with Crippen LogP contribution in [-0.2, 0) is 76.0 Å². The van der Waals surface area contributed by atoms with Crippen LogP contribution in [0.25, 0.3) is 0 Å². The molecule has 0 saturated carbocycles. The van der Waals surface area contributed by atoms with Crippen molar-refractivity contribution in [1.29, 1.82) is 0 Å². The molecule has 2 heterocycles. The molecule has 1 aromatic carbocycles. The molecule has 2 aliphatic rings. The molecule has 2 N–H and O–H groups in total. The van der Waals surface area contributed by atoms with Gasteiger partial charge in [-0.15, -0.1) is 0 Å². The van der Waals surface area contributed by atoms with Crippen molar-refractivity contribution in [3.05, 3.63) is 42.0 Å². The lowest BCUT2D eigenvalue weighted by atomic mass is 10.0. The first kappa shape index (κ1) is 53.4. The van der Waals surface area contributed by atoms with Crippen LogP contribution < -0.4 is 10.6 Å². The van der Waals surface area contributed by atoms with Crippen molar-refractivity contribution in [3.63, 3.8) is 0 Å². The zero-order valence-corrected chi connectivity index (χ0v) is 36.2. The molecule has 356 valence electrons. The Kier molecular flexibility index (Phi) is 30.0. The summed E-state index contributed by atoms with van der Waals surface area (Å²) in [5, 5.41) is 5.33. The van der Waals surface area contributed by atoms with Crippen LogP contribution in [0.15, 0.2) is 30.9 Å². The third-order valence-corrected chi connectivity index (χ3v) is 8.76. The van der Waals surface area contributed by atoms with E-state index in [2.05, 4.69) is 17.2 Å². The number of hydrogen-bond acceptors (Lipinski definition) is 19. The highest BCUT2D eigenvalue weighted by Crippen LogP contribution is 2.32. The normalized spacial score (nSPS) is 14.9. The van der Waals surface area contributed by atoms with Crippen molar-refractivity contribution in [2.75, 3.05) is 177 Å². The van der Waals surface area contributed by atoms with E-state index < -0.39 is 35.6 Å². The lowest BCUT2D eigenvalue weighted by molar-refractivity contribution is -0.139. The molecule has 0 aromatic heterocycles. The molecule has 0 aliphatic carbocycles. The molecule has 0 bridgehead atoms. The van der Waals surface area contributed by atoms with Crippen LogP contribution in [0.1, 0.15) is 33.6 Å². The summed E-state index contributed by atoms with van der Waals surface area (Å²) < 4.78 is 70.4. The third kappa shape index (κ3) is 23.5. The monoisotopic (exact) mass is 899 g/mol. The summed E-state index contributed by atoms with van der Waals surface area (Å²) in [6.45, 7) is 14.3. The molecule has 63 heavy (non-hydrogen) atoms. The van der Waals surface area contributed by atoms with Crippen LogP contribution in [0.2, 0.25) is 0 Å². The van der Waals surface area contributed by atoms with E-state index in [1.54, 1.807) is 18.2 Å². The van der Waals surface area contributed by atoms with Gasteiger partial charge in [-0.3, -0.25) is 29.4 Å².